The summed E-state index contributed by atoms with van der Waals surface area (Å²) in [4.78, 5) is 42.8. The van der Waals surface area contributed by atoms with E-state index in [4.69, 9.17) is 11.6 Å². The predicted molar refractivity (Wildman–Crippen MR) is 111 cm³/mol. The Morgan fingerprint density at radius 3 is 2.38 bits per heavy atom. The number of anilines is 1. The molecule has 2 aromatic carbocycles. The Hall–Kier alpha value is -2.70. The number of carbonyl (C=O) groups is 3. The van der Waals surface area contributed by atoms with Crippen LogP contribution in [0.2, 0.25) is 5.02 Å². The molecule has 29 heavy (non-hydrogen) atoms. The molecule has 2 aromatic rings. The van der Waals surface area contributed by atoms with E-state index in [0.29, 0.717) is 22.8 Å². The van der Waals surface area contributed by atoms with Gasteiger partial charge < -0.3 is 9.80 Å². The van der Waals surface area contributed by atoms with Crippen LogP contribution >= 0.6 is 11.6 Å². The van der Waals surface area contributed by atoms with E-state index in [-0.39, 0.29) is 36.6 Å². The Bertz CT molecular complexity index is 947. The first kappa shape index (κ1) is 19.6. The Balaban J connectivity index is 1.68. The van der Waals surface area contributed by atoms with Crippen LogP contribution in [0.5, 0.6) is 0 Å². The molecule has 2 aliphatic heterocycles. The second kappa shape index (κ2) is 7.97. The van der Waals surface area contributed by atoms with Crippen molar-refractivity contribution < 1.29 is 14.4 Å². The van der Waals surface area contributed by atoms with Crippen LogP contribution in [-0.2, 0) is 9.59 Å². The van der Waals surface area contributed by atoms with Gasteiger partial charge in [0.1, 0.15) is 0 Å². The number of amides is 3. The van der Waals surface area contributed by atoms with Crippen molar-refractivity contribution in [2.24, 2.45) is 0 Å². The Kier molecular flexibility index (Phi) is 5.39. The zero-order valence-electron chi connectivity index (χ0n) is 16.2. The summed E-state index contributed by atoms with van der Waals surface area (Å²) in [6, 6.07) is 14.6. The number of nitrogens with zero attached hydrogens (tertiary/aromatic N) is 3. The maximum Gasteiger partial charge on any atom is 0.256 e. The number of piperazine rings is 1. The van der Waals surface area contributed by atoms with E-state index in [9.17, 15) is 14.4 Å². The third-order valence-electron chi connectivity index (χ3n) is 5.52. The van der Waals surface area contributed by atoms with Crippen LogP contribution in [0.4, 0.5) is 5.69 Å². The number of carbonyl (C=O) groups excluding carboxylic acids is 3. The van der Waals surface area contributed by atoms with Crippen molar-refractivity contribution in [3.63, 3.8) is 0 Å². The highest BCUT2D eigenvalue weighted by Gasteiger charge is 2.34. The molecule has 1 atom stereocenters. The molecule has 0 spiro atoms. The molecule has 2 aliphatic rings. The zero-order valence-corrected chi connectivity index (χ0v) is 16.9. The van der Waals surface area contributed by atoms with Crippen LogP contribution in [0.1, 0.15) is 34.8 Å². The molecular weight excluding hydrogens is 390 g/mol. The van der Waals surface area contributed by atoms with Crippen molar-refractivity contribution in [1.82, 2.24) is 9.80 Å². The second-order valence-corrected chi connectivity index (χ2v) is 7.88. The molecule has 0 aromatic heterocycles. The minimum atomic E-state index is -0.252. The van der Waals surface area contributed by atoms with E-state index in [0.717, 1.165) is 23.6 Å². The third kappa shape index (κ3) is 3.78. The highest BCUT2D eigenvalue weighted by atomic mass is 35.5. The van der Waals surface area contributed by atoms with Gasteiger partial charge in [-0.2, -0.15) is 0 Å². The van der Waals surface area contributed by atoms with Crippen LogP contribution in [0, 0.1) is 0 Å². The molecule has 0 N–H and O–H groups in total. The number of likely N-dealkylation sites (N-methyl/N-ethyl adjacent to an activating group) is 1. The SMILES string of the molecule is CN1CCN(C(=O)c2cc(N3C(=O)CCC3=O)ccc2Cl)[C@@H](c2ccccc2)C1. The average Bonchev–Trinajstić information content (AvgIpc) is 3.07. The molecule has 0 bridgehead atoms. The maximum absolute atomic E-state index is 13.5. The van der Waals surface area contributed by atoms with Crippen LogP contribution in [0.3, 0.4) is 0 Å². The van der Waals surface area contributed by atoms with Gasteiger partial charge in [-0.25, -0.2) is 0 Å². The molecule has 150 valence electrons. The summed E-state index contributed by atoms with van der Waals surface area (Å²) in [6.07, 6.45) is 0.387. The minimum absolute atomic E-state index is 0.0998. The van der Waals surface area contributed by atoms with Crippen molar-refractivity contribution in [2.45, 2.75) is 18.9 Å². The normalized spacial score (nSPS) is 20.4. The number of rotatable bonds is 3. The summed E-state index contributed by atoms with van der Waals surface area (Å²) in [5.41, 5.74) is 1.77. The Morgan fingerprint density at radius 1 is 1.00 bits per heavy atom. The summed E-state index contributed by atoms with van der Waals surface area (Å²) in [7, 11) is 2.04. The average molecular weight is 412 g/mol. The first-order valence-corrected chi connectivity index (χ1v) is 10.0. The van der Waals surface area contributed by atoms with Gasteiger partial charge in [0, 0.05) is 32.5 Å². The van der Waals surface area contributed by atoms with Gasteiger partial charge in [0.15, 0.2) is 0 Å². The Labute approximate surface area is 174 Å². The van der Waals surface area contributed by atoms with Gasteiger partial charge in [-0.1, -0.05) is 41.9 Å². The summed E-state index contributed by atoms with van der Waals surface area (Å²) in [6.45, 7) is 2.04. The first-order chi connectivity index (χ1) is 14.0. The van der Waals surface area contributed by atoms with Gasteiger partial charge in [0.2, 0.25) is 11.8 Å². The van der Waals surface area contributed by atoms with Crippen LogP contribution in [0.25, 0.3) is 0 Å². The quantitative estimate of drug-likeness (QED) is 0.728. The fourth-order valence-corrected chi connectivity index (χ4v) is 4.16. The second-order valence-electron chi connectivity index (χ2n) is 7.47. The van der Waals surface area contributed by atoms with Gasteiger partial charge >= 0.3 is 0 Å². The largest absolute Gasteiger partial charge is 0.329 e. The number of halogens is 1. The molecule has 2 fully saturated rings. The summed E-state index contributed by atoms with van der Waals surface area (Å²) in [5, 5.41) is 0.309. The lowest BCUT2D eigenvalue weighted by Crippen LogP contribution is -2.49. The van der Waals surface area contributed by atoms with E-state index in [1.807, 2.05) is 42.3 Å². The van der Waals surface area contributed by atoms with Crippen LogP contribution in [-0.4, -0.2) is 54.2 Å². The number of imide groups is 1. The number of hydrogen-bond acceptors (Lipinski definition) is 4. The fraction of sp³-hybridized carbons (Fsp3) is 0.318. The molecule has 0 aliphatic carbocycles. The van der Waals surface area contributed by atoms with Crippen molar-refractivity contribution in [3.05, 3.63) is 64.7 Å². The molecule has 0 saturated carbocycles. The van der Waals surface area contributed by atoms with E-state index < -0.39 is 0 Å². The van der Waals surface area contributed by atoms with E-state index >= 15 is 0 Å². The lowest BCUT2D eigenvalue weighted by molar-refractivity contribution is -0.121. The van der Waals surface area contributed by atoms with Gasteiger partial charge in [0.25, 0.3) is 5.91 Å². The Morgan fingerprint density at radius 2 is 1.69 bits per heavy atom. The highest BCUT2D eigenvalue weighted by molar-refractivity contribution is 6.34. The van der Waals surface area contributed by atoms with E-state index in [1.54, 1.807) is 18.2 Å². The summed E-state index contributed by atoms with van der Waals surface area (Å²) in [5.74, 6) is -0.701. The van der Waals surface area contributed by atoms with E-state index in [2.05, 4.69) is 4.90 Å². The lowest BCUT2D eigenvalue weighted by Gasteiger charge is -2.40. The summed E-state index contributed by atoms with van der Waals surface area (Å²) >= 11 is 6.37. The smallest absolute Gasteiger partial charge is 0.256 e. The number of benzene rings is 2. The minimum Gasteiger partial charge on any atom is -0.329 e. The molecule has 4 rings (SSSR count). The molecule has 0 unspecified atom stereocenters. The topological polar surface area (TPSA) is 60.9 Å². The molecule has 0 radical (unpaired) electrons. The van der Waals surface area contributed by atoms with Crippen molar-refractivity contribution in [3.8, 4) is 0 Å². The molecular formula is C22H22ClN3O3. The first-order valence-electron chi connectivity index (χ1n) is 9.65. The van der Waals surface area contributed by atoms with Crippen LogP contribution in [0.15, 0.2) is 48.5 Å². The lowest BCUT2D eigenvalue weighted by atomic mass is 10.0. The van der Waals surface area contributed by atoms with Gasteiger partial charge in [0.05, 0.1) is 22.3 Å². The molecule has 2 saturated heterocycles. The number of hydrogen-bond donors (Lipinski definition) is 0. The van der Waals surface area contributed by atoms with Crippen molar-refractivity contribution in [1.29, 1.82) is 0 Å². The summed E-state index contributed by atoms with van der Waals surface area (Å²) < 4.78 is 0. The van der Waals surface area contributed by atoms with Crippen LogP contribution < -0.4 is 4.90 Å². The highest BCUT2D eigenvalue weighted by Crippen LogP contribution is 2.31. The molecule has 6 nitrogen and oxygen atoms in total. The third-order valence-corrected chi connectivity index (χ3v) is 5.85. The van der Waals surface area contributed by atoms with Gasteiger partial charge in [-0.3, -0.25) is 19.3 Å². The van der Waals surface area contributed by atoms with Gasteiger partial charge in [-0.15, -0.1) is 0 Å². The predicted octanol–water partition coefficient (Wildman–Crippen LogP) is 3.12. The standard InChI is InChI=1S/C22H22ClN3O3/c1-24-11-12-25(19(14-24)15-5-3-2-4-6-15)22(29)17-13-16(7-8-18(17)23)26-20(27)9-10-21(26)28/h2-8,13,19H,9-12,14H2,1H3/t19-/m1/s1. The van der Waals surface area contributed by atoms with Crippen molar-refractivity contribution in [2.75, 3.05) is 31.6 Å². The monoisotopic (exact) mass is 411 g/mol. The van der Waals surface area contributed by atoms with E-state index in [1.165, 1.54) is 0 Å². The van der Waals surface area contributed by atoms with Gasteiger partial charge in [-0.05, 0) is 30.8 Å². The zero-order chi connectivity index (χ0) is 20.5. The molecule has 3 amide bonds. The van der Waals surface area contributed by atoms with Crippen molar-refractivity contribution >= 4 is 35.0 Å². The fourth-order valence-electron chi connectivity index (χ4n) is 3.96. The molecule has 7 heteroatoms. The maximum atomic E-state index is 13.5. The molecule has 2 heterocycles.